The number of alkyl halides is 17. The number of epoxide rings is 1. The first-order valence-corrected chi connectivity index (χ1v) is 14.1. The van der Waals surface area contributed by atoms with E-state index in [1.165, 1.54) is 0 Å². The molecule has 2 atom stereocenters. The second-order valence-corrected chi connectivity index (χ2v) is 10.7. The van der Waals surface area contributed by atoms with Gasteiger partial charge in [0.2, 0.25) is 0 Å². The highest BCUT2D eigenvalue weighted by molar-refractivity contribution is 5.89. The van der Waals surface area contributed by atoms with E-state index in [2.05, 4.69) is 24.5 Å². The summed E-state index contributed by atoms with van der Waals surface area (Å²) in [5.74, 6) is -63.8. The van der Waals surface area contributed by atoms with Crippen molar-refractivity contribution in [2.75, 3.05) is 13.2 Å². The first kappa shape index (κ1) is 52.7. The first-order chi connectivity index (χ1) is 24.3. The summed E-state index contributed by atoms with van der Waals surface area (Å²) < 4.78 is 241. The van der Waals surface area contributed by atoms with Gasteiger partial charge >= 0.3 is 71.4 Å². The van der Waals surface area contributed by atoms with E-state index in [4.69, 9.17) is 19.7 Å². The number of rotatable bonds is 18. The van der Waals surface area contributed by atoms with Gasteiger partial charge in [0.05, 0.1) is 6.61 Å². The SMILES string of the molecule is C=C(C)C(=O)OCC1CO1.C=C(CC)C(=O)O.C=C(CC=CC(=O)O)C(=O)OC(F)(F)C(F)(F)C(F)(F)C(F)(F)C(F)(F)C(F)(F)C(F)(F)C(F)(F)C(C)F. The molecule has 1 rings (SSSR count). The normalized spacial score (nSPS) is 16.0. The Morgan fingerprint density at radius 3 is 1.45 bits per heavy atom. The van der Waals surface area contributed by atoms with Gasteiger partial charge in [0.25, 0.3) is 0 Å². The topological polar surface area (TPSA) is 140 Å². The highest BCUT2D eigenvalue weighted by Gasteiger charge is 2.95. The zero-order valence-corrected chi connectivity index (χ0v) is 27.9. The van der Waals surface area contributed by atoms with Crippen LogP contribution in [0.4, 0.5) is 74.6 Å². The van der Waals surface area contributed by atoms with Gasteiger partial charge in [-0.05, 0) is 26.7 Å². The van der Waals surface area contributed by atoms with Gasteiger partial charge in [-0.15, -0.1) is 0 Å². The average Bonchev–Trinajstić information content (AvgIpc) is 3.87. The Balaban J connectivity index is 0. The molecule has 55 heavy (non-hydrogen) atoms. The molecule has 0 aromatic carbocycles. The maximum absolute atomic E-state index is 13.7. The van der Waals surface area contributed by atoms with E-state index in [0.29, 0.717) is 31.3 Å². The Morgan fingerprint density at radius 2 is 1.15 bits per heavy atom. The summed E-state index contributed by atoms with van der Waals surface area (Å²) in [7, 11) is 0. The van der Waals surface area contributed by atoms with Crippen molar-refractivity contribution in [1.29, 1.82) is 0 Å². The van der Waals surface area contributed by atoms with Gasteiger partial charge in [0, 0.05) is 22.8 Å². The molecule has 318 valence electrons. The zero-order valence-electron chi connectivity index (χ0n) is 27.9. The summed E-state index contributed by atoms with van der Waals surface area (Å²) in [6.07, 6.45) is -11.9. The molecule has 1 fully saturated rings. The highest BCUT2D eigenvalue weighted by atomic mass is 19.4. The van der Waals surface area contributed by atoms with Crippen molar-refractivity contribution >= 4 is 23.9 Å². The van der Waals surface area contributed by atoms with Gasteiger partial charge in [-0.25, -0.2) is 23.6 Å². The highest BCUT2D eigenvalue weighted by Crippen LogP contribution is 2.64. The van der Waals surface area contributed by atoms with Crippen molar-refractivity contribution in [1.82, 2.24) is 0 Å². The smallest absolute Gasteiger partial charge is 0.473 e. The van der Waals surface area contributed by atoms with Crippen molar-refractivity contribution in [3.05, 3.63) is 48.6 Å². The quantitative estimate of drug-likeness (QED) is 0.0607. The molecule has 1 heterocycles. The van der Waals surface area contributed by atoms with Crippen LogP contribution in [0.15, 0.2) is 48.6 Å². The molecule has 0 aromatic heterocycles. The number of allylic oxidation sites excluding steroid dienone is 1. The van der Waals surface area contributed by atoms with Crippen molar-refractivity contribution in [3.8, 4) is 0 Å². The average molecular weight is 845 g/mol. The Kier molecular flexibility index (Phi) is 17.7. The molecule has 0 aromatic rings. The fourth-order valence-electron chi connectivity index (χ4n) is 2.68. The number of hydrogen-bond donors (Lipinski definition) is 2. The molecular formula is C29H29F17O9. The number of halogens is 17. The van der Waals surface area contributed by atoms with Gasteiger partial charge in [-0.3, -0.25) is 0 Å². The van der Waals surface area contributed by atoms with E-state index >= 15 is 0 Å². The molecule has 1 aliphatic heterocycles. The van der Waals surface area contributed by atoms with Crippen molar-refractivity contribution in [2.45, 2.75) is 93.5 Å². The third-order valence-electron chi connectivity index (χ3n) is 6.27. The van der Waals surface area contributed by atoms with Crippen LogP contribution in [0.5, 0.6) is 0 Å². The standard InChI is InChI=1S/C17H11F17O4.C7H10O3.C5H8O2/c1-6(4-3-5-8(35)36)9(37)38-17(33,34)16(31,32)15(29,30)14(27,28)13(25,26)12(23,24)11(21,22)10(19,20)7(2)18;1-5(2)7(8)10-4-6-3-9-6;1-3-4(2)5(6)7/h3,5,7H,1,4H2,2H3,(H,35,36);6H,1,3-4H2,2H3;2-3H2,1H3,(H,6,7). The van der Waals surface area contributed by atoms with Crippen LogP contribution in [-0.2, 0) is 33.4 Å². The van der Waals surface area contributed by atoms with Crippen LogP contribution in [-0.4, -0.2) is 107 Å². The number of aliphatic carboxylic acids is 2. The summed E-state index contributed by atoms with van der Waals surface area (Å²) in [5, 5.41) is 16.3. The van der Waals surface area contributed by atoms with E-state index in [9.17, 15) is 93.8 Å². The van der Waals surface area contributed by atoms with Gasteiger partial charge in [-0.1, -0.05) is 32.7 Å². The van der Waals surface area contributed by atoms with E-state index in [-0.39, 0.29) is 23.7 Å². The fraction of sp³-hybridized carbons (Fsp3) is 0.586. The first-order valence-electron chi connectivity index (χ1n) is 14.1. The van der Waals surface area contributed by atoms with E-state index in [1.54, 1.807) is 13.8 Å². The number of esters is 2. The van der Waals surface area contributed by atoms with E-state index < -0.39 is 90.6 Å². The molecule has 2 N–H and O–H groups in total. The summed E-state index contributed by atoms with van der Waals surface area (Å²) in [4.78, 5) is 42.0. The lowest BCUT2D eigenvalue weighted by molar-refractivity contribution is -0.469. The molecular weight excluding hydrogens is 815 g/mol. The molecule has 9 nitrogen and oxygen atoms in total. The van der Waals surface area contributed by atoms with Crippen LogP contribution in [0.1, 0.15) is 33.6 Å². The zero-order chi connectivity index (χ0) is 44.6. The fourth-order valence-corrected chi connectivity index (χ4v) is 2.68. The third kappa shape index (κ3) is 11.8. The molecule has 26 heteroatoms. The van der Waals surface area contributed by atoms with Gasteiger partial charge < -0.3 is 24.4 Å². The monoisotopic (exact) mass is 844 g/mol. The van der Waals surface area contributed by atoms with E-state index in [1.807, 2.05) is 0 Å². The largest absolute Gasteiger partial charge is 0.478 e. The van der Waals surface area contributed by atoms with Crippen molar-refractivity contribution in [2.24, 2.45) is 0 Å². The summed E-state index contributed by atoms with van der Waals surface area (Å²) in [6.45, 7) is 13.0. The predicted molar refractivity (Wildman–Crippen MR) is 149 cm³/mol. The Bertz CT molecular complexity index is 1470. The second kappa shape index (κ2) is 18.5. The molecule has 0 radical (unpaired) electrons. The Morgan fingerprint density at radius 1 is 0.745 bits per heavy atom. The Hall–Kier alpha value is -4.39. The molecule has 0 aliphatic carbocycles. The minimum Gasteiger partial charge on any atom is -0.478 e. The predicted octanol–water partition coefficient (Wildman–Crippen LogP) is 8.06. The minimum absolute atomic E-state index is 0.142. The number of carboxylic acid groups (broad SMARTS) is 2. The van der Waals surface area contributed by atoms with Crippen LogP contribution in [0.25, 0.3) is 0 Å². The molecule has 1 aliphatic rings. The molecule has 0 amide bonds. The number of ether oxygens (including phenoxy) is 3. The minimum atomic E-state index is -8.77. The lowest BCUT2D eigenvalue weighted by atomic mass is 9.88. The number of hydrogen-bond acceptors (Lipinski definition) is 7. The number of carbonyl (C=O) groups excluding carboxylic acids is 2. The van der Waals surface area contributed by atoms with Crippen LogP contribution < -0.4 is 0 Å². The van der Waals surface area contributed by atoms with Gasteiger partial charge in [-0.2, -0.15) is 70.2 Å². The second-order valence-electron chi connectivity index (χ2n) is 10.7. The van der Waals surface area contributed by atoms with E-state index in [0.717, 1.165) is 0 Å². The Labute approximate surface area is 298 Å². The summed E-state index contributed by atoms with van der Waals surface area (Å²) >= 11 is 0. The maximum atomic E-state index is 13.7. The molecule has 0 bridgehead atoms. The molecule has 0 saturated carbocycles. The summed E-state index contributed by atoms with van der Waals surface area (Å²) in [6, 6.07) is 0. The maximum Gasteiger partial charge on any atom is 0.473 e. The molecule has 2 unspecified atom stereocenters. The number of carbonyl (C=O) groups is 4. The third-order valence-corrected chi connectivity index (χ3v) is 6.27. The molecule has 1 saturated heterocycles. The van der Waals surface area contributed by atoms with Crippen LogP contribution in [0, 0.1) is 0 Å². The summed E-state index contributed by atoms with van der Waals surface area (Å²) in [5.41, 5.74) is -0.798. The van der Waals surface area contributed by atoms with Crippen molar-refractivity contribution < 1.29 is 118 Å². The number of carboxylic acids is 2. The van der Waals surface area contributed by atoms with Crippen LogP contribution in [0.2, 0.25) is 0 Å². The lowest BCUT2D eigenvalue weighted by Crippen LogP contribution is -2.75. The van der Waals surface area contributed by atoms with Gasteiger partial charge in [0.15, 0.2) is 6.17 Å². The lowest BCUT2D eigenvalue weighted by Gasteiger charge is -2.43. The van der Waals surface area contributed by atoms with Crippen LogP contribution in [0.3, 0.4) is 0 Å². The van der Waals surface area contributed by atoms with Gasteiger partial charge in [0.1, 0.15) is 12.7 Å². The van der Waals surface area contributed by atoms with Crippen LogP contribution >= 0.6 is 0 Å². The molecule has 0 spiro atoms. The van der Waals surface area contributed by atoms with Crippen molar-refractivity contribution in [3.63, 3.8) is 0 Å².